The van der Waals surface area contributed by atoms with Crippen LogP contribution >= 0.6 is 0 Å². The summed E-state index contributed by atoms with van der Waals surface area (Å²) in [6.45, 7) is 0.854. The van der Waals surface area contributed by atoms with Crippen LogP contribution in [-0.2, 0) is 4.79 Å². The maximum atomic E-state index is 10.8. The Hall–Kier alpha value is -0.410. The monoisotopic (exact) mass is 142 g/mol. The molecule has 0 radical (unpaired) electrons. The second kappa shape index (κ2) is 3.68. The molecule has 0 aromatic rings. The summed E-state index contributed by atoms with van der Waals surface area (Å²) < 4.78 is 0. The number of hydrogen-bond donors (Lipinski definition) is 2. The van der Waals surface area contributed by atoms with Gasteiger partial charge in [0.05, 0.1) is 0 Å². The third-order valence-corrected chi connectivity index (χ3v) is 2.07. The number of nitrogens with two attached hydrogens (primary N) is 1. The van der Waals surface area contributed by atoms with Crippen molar-refractivity contribution in [3.63, 3.8) is 0 Å². The summed E-state index contributed by atoms with van der Waals surface area (Å²) in [6, 6.07) is 0. The number of ketones is 1. The molecule has 10 heavy (non-hydrogen) atoms. The molecule has 3 nitrogen and oxygen atoms in total. The minimum Gasteiger partial charge on any atom is -0.300 e. The van der Waals surface area contributed by atoms with Crippen LogP contribution in [0.5, 0.6) is 0 Å². The minimum atomic E-state index is 0.410. The summed E-state index contributed by atoms with van der Waals surface area (Å²) in [7, 11) is 0. The highest BCUT2D eigenvalue weighted by molar-refractivity contribution is 5.79. The van der Waals surface area contributed by atoms with Gasteiger partial charge in [-0.3, -0.25) is 16.1 Å². The van der Waals surface area contributed by atoms with Crippen molar-refractivity contribution in [2.75, 3.05) is 6.54 Å². The lowest BCUT2D eigenvalue weighted by Gasteiger charge is -2.19. The van der Waals surface area contributed by atoms with E-state index in [9.17, 15) is 4.79 Å². The summed E-state index contributed by atoms with van der Waals surface area (Å²) in [5.41, 5.74) is 2.64. The van der Waals surface area contributed by atoms with Crippen LogP contribution in [0.15, 0.2) is 0 Å². The Kier molecular flexibility index (Phi) is 2.83. The van der Waals surface area contributed by atoms with Gasteiger partial charge >= 0.3 is 0 Å². The maximum absolute atomic E-state index is 10.8. The van der Waals surface area contributed by atoms with E-state index in [1.165, 1.54) is 0 Å². The molecule has 0 aromatic heterocycles. The van der Waals surface area contributed by atoms with Crippen molar-refractivity contribution in [2.24, 2.45) is 11.8 Å². The van der Waals surface area contributed by atoms with Crippen LogP contribution in [0.2, 0.25) is 0 Å². The normalized spacial score (nSPS) is 21.5. The van der Waals surface area contributed by atoms with E-state index in [2.05, 4.69) is 5.43 Å². The molecule has 1 saturated carbocycles. The largest absolute Gasteiger partial charge is 0.300 e. The quantitative estimate of drug-likeness (QED) is 0.428. The number of Topliss-reactive ketones (excluding diaryl/α,β-unsaturated/α-hetero) is 1. The number of hydrogen-bond acceptors (Lipinski definition) is 3. The van der Waals surface area contributed by atoms with Crippen LogP contribution in [0.4, 0.5) is 0 Å². The summed E-state index contributed by atoms with van der Waals surface area (Å²) in [4.78, 5) is 10.8. The lowest BCUT2D eigenvalue weighted by atomic mass is 9.89. The van der Waals surface area contributed by atoms with Crippen molar-refractivity contribution < 1.29 is 4.79 Å². The first-order valence-corrected chi connectivity index (χ1v) is 3.78. The molecule has 0 saturated heterocycles. The zero-order valence-corrected chi connectivity index (χ0v) is 6.10. The van der Waals surface area contributed by atoms with Crippen LogP contribution in [0.1, 0.15) is 25.7 Å². The van der Waals surface area contributed by atoms with Gasteiger partial charge < -0.3 is 0 Å². The summed E-state index contributed by atoms with van der Waals surface area (Å²) in [5.74, 6) is 6.20. The van der Waals surface area contributed by atoms with Crippen molar-refractivity contribution >= 4 is 5.78 Å². The molecule has 58 valence electrons. The molecule has 3 N–H and O–H groups in total. The Morgan fingerprint density at radius 3 is 2.60 bits per heavy atom. The van der Waals surface area contributed by atoms with Crippen molar-refractivity contribution in [2.45, 2.75) is 25.7 Å². The molecule has 0 amide bonds. The fourth-order valence-electron chi connectivity index (χ4n) is 1.37. The Balaban J connectivity index is 2.19. The van der Waals surface area contributed by atoms with Gasteiger partial charge in [-0.15, -0.1) is 0 Å². The zero-order valence-electron chi connectivity index (χ0n) is 6.10. The second-order valence-electron chi connectivity index (χ2n) is 2.89. The van der Waals surface area contributed by atoms with Crippen LogP contribution in [-0.4, -0.2) is 12.3 Å². The van der Waals surface area contributed by atoms with E-state index in [0.29, 0.717) is 11.7 Å². The number of carbonyl (C=O) groups excluding carboxylic acids is 1. The maximum Gasteiger partial charge on any atom is 0.132 e. The molecule has 1 aliphatic carbocycles. The smallest absolute Gasteiger partial charge is 0.132 e. The highest BCUT2D eigenvalue weighted by Gasteiger charge is 2.17. The van der Waals surface area contributed by atoms with Crippen LogP contribution in [0.25, 0.3) is 0 Å². The summed E-state index contributed by atoms with van der Waals surface area (Å²) >= 11 is 0. The molecule has 0 bridgehead atoms. The van der Waals surface area contributed by atoms with Gasteiger partial charge in [0.2, 0.25) is 0 Å². The molecule has 0 atom stereocenters. The molecule has 1 rings (SSSR count). The van der Waals surface area contributed by atoms with Gasteiger partial charge in [0, 0.05) is 19.4 Å². The highest BCUT2D eigenvalue weighted by Crippen LogP contribution is 2.19. The SMILES string of the molecule is NNCC1CCC(=O)CC1. The van der Waals surface area contributed by atoms with Gasteiger partial charge in [-0.1, -0.05) is 0 Å². The van der Waals surface area contributed by atoms with Crippen molar-refractivity contribution in [3.05, 3.63) is 0 Å². The van der Waals surface area contributed by atoms with Crippen LogP contribution < -0.4 is 11.3 Å². The molecular weight excluding hydrogens is 128 g/mol. The van der Waals surface area contributed by atoms with Gasteiger partial charge in [-0.25, -0.2) is 0 Å². The van der Waals surface area contributed by atoms with Gasteiger partial charge in [-0.2, -0.15) is 0 Å². The van der Waals surface area contributed by atoms with E-state index in [0.717, 1.165) is 32.2 Å². The van der Waals surface area contributed by atoms with E-state index in [1.807, 2.05) is 0 Å². The lowest BCUT2D eigenvalue weighted by molar-refractivity contribution is -0.120. The molecule has 0 unspecified atom stereocenters. The number of carbonyl (C=O) groups is 1. The third kappa shape index (κ3) is 2.08. The number of rotatable bonds is 2. The van der Waals surface area contributed by atoms with E-state index < -0.39 is 0 Å². The fourth-order valence-corrected chi connectivity index (χ4v) is 1.37. The second-order valence-corrected chi connectivity index (χ2v) is 2.89. The van der Waals surface area contributed by atoms with Gasteiger partial charge in [-0.05, 0) is 18.8 Å². The summed E-state index contributed by atoms with van der Waals surface area (Å²) in [6.07, 6.45) is 3.55. The van der Waals surface area contributed by atoms with Gasteiger partial charge in [0.25, 0.3) is 0 Å². The average molecular weight is 142 g/mol. The number of hydrazine groups is 1. The Bertz CT molecular complexity index is 115. The Morgan fingerprint density at radius 1 is 1.50 bits per heavy atom. The first-order valence-electron chi connectivity index (χ1n) is 3.78. The zero-order chi connectivity index (χ0) is 7.40. The van der Waals surface area contributed by atoms with Crippen molar-refractivity contribution in [1.29, 1.82) is 0 Å². The van der Waals surface area contributed by atoms with Gasteiger partial charge in [0.15, 0.2) is 0 Å². The molecule has 0 heterocycles. The molecule has 1 aliphatic rings. The average Bonchev–Trinajstić information content (AvgIpc) is 1.95. The first-order chi connectivity index (χ1) is 4.83. The molecule has 0 aliphatic heterocycles. The predicted molar refractivity (Wildman–Crippen MR) is 39.2 cm³/mol. The lowest BCUT2D eigenvalue weighted by Crippen LogP contribution is -2.31. The molecular formula is C7H14N2O. The summed E-state index contributed by atoms with van der Waals surface area (Å²) in [5, 5.41) is 0. The highest BCUT2D eigenvalue weighted by atomic mass is 16.1. The molecule has 1 fully saturated rings. The van der Waals surface area contributed by atoms with E-state index in [1.54, 1.807) is 0 Å². The fraction of sp³-hybridized carbons (Fsp3) is 0.857. The molecule has 3 heteroatoms. The number of nitrogens with one attached hydrogen (secondary N) is 1. The Morgan fingerprint density at radius 2 is 2.10 bits per heavy atom. The van der Waals surface area contributed by atoms with E-state index >= 15 is 0 Å². The molecule has 0 spiro atoms. The standard InChI is InChI=1S/C7H14N2O/c8-9-5-6-1-3-7(10)4-2-6/h6,9H,1-5,8H2. The third-order valence-electron chi connectivity index (χ3n) is 2.07. The van der Waals surface area contributed by atoms with Crippen LogP contribution in [0.3, 0.4) is 0 Å². The van der Waals surface area contributed by atoms with Crippen LogP contribution in [0, 0.1) is 5.92 Å². The van der Waals surface area contributed by atoms with E-state index in [4.69, 9.17) is 5.84 Å². The molecule has 0 aromatic carbocycles. The van der Waals surface area contributed by atoms with Crippen molar-refractivity contribution in [1.82, 2.24) is 5.43 Å². The predicted octanol–water partition coefficient (Wildman–Crippen LogP) is 0.209. The first kappa shape index (κ1) is 7.69. The van der Waals surface area contributed by atoms with Gasteiger partial charge in [0.1, 0.15) is 5.78 Å². The van der Waals surface area contributed by atoms with Crippen molar-refractivity contribution in [3.8, 4) is 0 Å². The Labute approximate surface area is 60.9 Å². The van der Waals surface area contributed by atoms with E-state index in [-0.39, 0.29) is 0 Å². The minimum absolute atomic E-state index is 0.410. The topological polar surface area (TPSA) is 55.1 Å².